The van der Waals surface area contributed by atoms with E-state index in [0.29, 0.717) is 22.4 Å². The summed E-state index contributed by atoms with van der Waals surface area (Å²) in [5.41, 5.74) is 2.63. The van der Waals surface area contributed by atoms with Crippen LogP contribution in [0.3, 0.4) is 0 Å². The van der Waals surface area contributed by atoms with Crippen LogP contribution in [-0.2, 0) is 6.42 Å². The number of aryl methyl sites for hydroxylation is 1. The molecular weight excluding hydrogens is 364 g/mol. The molecule has 0 spiro atoms. The first-order chi connectivity index (χ1) is 14.2. The number of carbonyl (C=O) groups excluding carboxylic acids is 1. The number of anilines is 1. The van der Waals surface area contributed by atoms with Crippen LogP contribution < -0.4 is 10.3 Å². The molecule has 4 aromatic rings. The van der Waals surface area contributed by atoms with Crippen LogP contribution in [0.5, 0.6) is 0 Å². The van der Waals surface area contributed by atoms with Crippen molar-refractivity contribution in [2.75, 3.05) is 4.90 Å². The minimum absolute atomic E-state index is 0.0870. The number of carbonyl (C=O) groups is 1. The molecule has 1 unspecified atom stereocenters. The Morgan fingerprint density at radius 3 is 2.45 bits per heavy atom. The van der Waals surface area contributed by atoms with Crippen molar-refractivity contribution < 1.29 is 9.21 Å². The van der Waals surface area contributed by atoms with Gasteiger partial charge in [-0.3, -0.25) is 14.5 Å². The molecule has 29 heavy (non-hydrogen) atoms. The van der Waals surface area contributed by atoms with Gasteiger partial charge in [0.2, 0.25) is 5.76 Å². The van der Waals surface area contributed by atoms with Gasteiger partial charge in [-0.05, 0) is 41.8 Å². The highest BCUT2D eigenvalue weighted by Crippen LogP contribution is 2.40. The number of para-hydroxylation sites is 1. The van der Waals surface area contributed by atoms with E-state index in [9.17, 15) is 9.59 Å². The van der Waals surface area contributed by atoms with E-state index in [-0.39, 0.29) is 17.1 Å². The first kappa shape index (κ1) is 17.4. The van der Waals surface area contributed by atoms with Gasteiger partial charge in [0.25, 0.3) is 5.91 Å². The molecule has 2 aromatic heterocycles. The fourth-order valence-electron chi connectivity index (χ4n) is 3.90. The standard InChI is InChI=1S/C24H18N2O3/c1-2-15-10-12-16(13-11-15)21-20-22(27)17-7-3-4-8-18(17)29-23(20)24(28)26(21)19-9-5-6-14-25-19/h3-14,21H,2H2,1H3. The molecule has 1 amide bonds. The van der Waals surface area contributed by atoms with Gasteiger partial charge >= 0.3 is 0 Å². The van der Waals surface area contributed by atoms with E-state index in [1.54, 1.807) is 47.5 Å². The van der Waals surface area contributed by atoms with Crippen molar-refractivity contribution in [3.63, 3.8) is 0 Å². The summed E-state index contributed by atoms with van der Waals surface area (Å²) < 4.78 is 5.93. The second kappa shape index (κ2) is 6.71. The summed E-state index contributed by atoms with van der Waals surface area (Å²) in [5, 5.41) is 0.470. The monoisotopic (exact) mass is 382 g/mol. The Bertz CT molecular complexity index is 1280. The summed E-state index contributed by atoms with van der Waals surface area (Å²) in [4.78, 5) is 32.7. The molecular formula is C24H18N2O3. The minimum Gasteiger partial charge on any atom is -0.450 e. The van der Waals surface area contributed by atoms with Gasteiger partial charge in [-0.2, -0.15) is 0 Å². The molecule has 1 aliphatic heterocycles. The van der Waals surface area contributed by atoms with Gasteiger partial charge in [-0.15, -0.1) is 0 Å². The first-order valence-corrected chi connectivity index (χ1v) is 9.58. The Hall–Kier alpha value is -3.73. The fourth-order valence-corrected chi connectivity index (χ4v) is 3.90. The number of hydrogen-bond acceptors (Lipinski definition) is 4. The molecule has 0 aliphatic carbocycles. The zero-order chi connectivity index (χ0) is 20.0. The van der Waals surface area contributed by atoms with Crippen molar-refractivity contribution in [3.8, 4) is 0 Å². The van der Waals surface area contributed by atoms with E-state index in [2.05, 4.69) is 11.9 Å². The van der Waals surface area contributed by atoms with E-state index in [0.717, 1.165) is 12.0 Å². The maximum atomic E-state index is 13.4. The van der Waals surface area contributed by atoms with Crippen molar-refractivity contribution in [2.45, 2.75) is 19.4 Å². The zero-order valence-electron chi connectivity index (χ0n) is 15.8. The van der Waals surface area contributed by atoms with Crippen LogP contribution in [0.2, 0.25) is 0 Å². The lowest BCUT2D eigenvalue weighted by Crippen LogP contribution is -2.30. The molecule has 0 radical (unpaired) electrons. The lowest BCUT2D eigenvalue weighted by Gasteiger charge is -2.24. The second-order valence-corrected chi connectivity index (χ2v) is 7.03. The second-order valence-electron chi connectivity index (χ2n) is 7.03. The van der Waals surface area contributed by atoms with Gasteiger partial charge in [0, 0.05) is 6.20 Å². The average Bonchev–Trinajstić information content (AvgIpc) is 3.07. The summed E-state index contributed by atoms with van der Waals surface area (Å²) in [7, 11) is 0. The predicted molar refractivity (Wildman–Crippen MR) is 111 cm³/mol. The van der Waals surface area contributed by atoms with Crippen LogP contribution in [-0.4, -0.2) is 10.9 Å². The molecule has 0 bridgehead atoms. The highest BCUT2D eigenvalue weighted by Gasteiger charge is 2.44. The number of amides is 1. The van der Waals surface area contributed by atoms with Crippen molar-refractivity contribution in [1.29, 1.82) is 0 Å². The average molecular weight is 382 g/mol. The number of pyridine rings is 1. The van der Waals surface area contributed by atoms with E-state index in [4.69, 9.17) is 4.42 Å². The summed E-state index contributed by atoms with van der Waals surface area (Å²) >= 11 is 0. The van der Waals surface area contributed by atoms with Crippen LogP contribution in [0.15, 0.2) is 82.1 Å². The third-order valence-electron chi connectivity index (χ3n) is 5.38. The lowest BCUT2D eigenvalue weighted by molar-refractivity contribution is 0.0970. The predicted octanol–water partition coefficient (Wildman–Crippen LogP) is 4.50. The lowest BCUT2D eigenvalue weighted by atomic mass is 9.97. The van der Waals surface area contributed by atoms with E-state index in [1.165, 1.54) is 5.56 Å². The largest absolute Gasteiger partial charge is 0.450 e. The normalized spacial score (nSPS) is 15.7. The summed E-state index contributed by atoms with van der Waals surface area (Å²) in [5.74, 6) is 0.215. The minimum atomic E-state index is -0.584. The third kappa shape index (κ3) is 2.66. The quantitative estimate of drug-likeness (QED) is 0.523. The number of fused-ring (bicyclic) bond motifs is 2. The van der Waals surface area contributed by atoms with Crippen molar-refractivity contribution >= 4 is 22.7 Å². The van der Waals surface area contributed by atoms with Gasteiger partial charge in [0.15, 0.2) is 5.43 Å². The molecule has 0 saturated carbocycles. The molecule has 5 nitrogen and oxygen atoms in total. The molecule has 1 aliphatic rings. The SMILES string of the molecule is CCc1ccc(C2c3c(oc4ccccc4c3=O)C(=O)N2c2ccccn2)cc1. The molecule has 0 N–H and O–H groups in total. The smallest absolute Gasteiger partial charge is 0.296 e. The first-order valence-electron chi connectivity index (χ1n) is 9.58. The topological polar surface area (TPSA) is 63.4 Å². The highest BCUT2D eigenvalue weighted by atomic mass is 16.3. The Morgan fingerprint density at radius 2 is 1.72 bits per heavy atom. The van der Waals surface area contributed by atoms with Crippen LogP contribution in [0.25, 0.3) is 11.0 Å². The Kier molecular flexibility index (Phi) is 4.02. The van der Waals surface area contributed by atoms with E-state index in [1.807, 2.05) is 30.3 Å². The van der Waals surface area contributed by atoms with Gasteiger partial charge in [-0.1, -0.05) is 49.4 Å². The van der Waals surface area contributed by atoms with E-state index < -0.39 is 6.04 Å². The van der Waals surface area contributed by atoms with Crippen molar-refractivity contribution in [3.05, 3.63) is 106 Å². The van der Waals surface area contributed by atoms with Crippen LogP contribution in [0, 0.1) is 0 Å². The molecule has 0 fully saturated rings. The van der Waals surface area contributed by atoms with E-state index >= 15 is 0 Å². The molecule has 142 valence electrons. The Balaban J connectivity index is 1.80. The summed E-state index contributed by atoms with van der Waals surface area (Å²) in [6.45, 7) is 2.09. The van der Waals surface area contributed by atoms with Gasteiger partial charge in [0.05, 0.1) is 17.0 Å². The fraction of sp³-hybridized carbons (Fsp3) is 0.125. The molecule has 5 heteroatoms. The van der Waals surface area contributed by atoms with Crippen molar-refractivity contribution in [2.24, 2.45) is 0 Å². The number of aromatic nitrogens is 1. The van der Waals surface area contributed by atoms with Crippen LogP contribution in [0.4, 0.5) is 5.82 Å². The van der Waals surface area contributed by atoms with Crippen molar-refractivity contribution in [1.82, 2.24) is 4.98 Å². The van der Waals surface area contributed by atoms with Gasteiger partial charge < -0.3 is 4.42 Å². The van der Waals surface area contributed by atoms with Crippen LogP contribution in [0.1, 0.15) is 40.2 Å². The maximum Gasteiger partial charge on any atom is 0.296 e. The zero-order valence-corrected chi connectivity index (χ0v) is 15.8. The molecule has 0 saturated heterocycles. The molecule has 2 aromatic carbocycles. The number of hydrogen-bond donors (Lipinski definition) is 0. The Labute approximate surface area is 167 Å². The maximum absolute atomic E-state index is 13.4. The molecule has 1 atom stereocenters. The number of nitrogens with zero attached hydrogens (tertiary/aromatic N) is 2. The number of benzene rings is 2. The molecule has 3 heterocycles. The number of rotatable bonds is 3. The highest BCUT2D eigenvalue weighted by molar-refractivity contribution is 6.10. The summed E-state index contributed by atoms with van der Waals surface area (Å²) in [6.07, 6.45) is 2.55. The van der Waals surface area contributed by atoms with Gasteiger partial charge in [-0.25, -0.2) is 4.98 Å². The van der Waals surface area contributed by atoms with Gasteiger partial charge in [0.1, 0.15) is 11.4 Å². The summed E-state index contributed by atoms with van der Waals surface area (Å²) in [6, 6.07) is 19.8. The van der Waals surface area contributed by atoms with Crippen LogP contribution >= 0.6 is 0 Å². The third-order valence-corrected chi connectivity index (χ3v) is 5.38. The molecule has 5 rings (SSSR count). The Morgan fingerprint density at radius 1 is 0.966 bits per heavy atom.